The number of halogens is 3. The fourth-order valence-electron chi connectivity index (χ4n) is 2.23. The van der Waals surface area contributed by atoms with Crippen molar-refractivity contribution in [1.29, 1.82) is 0 Å². The fraction of sp³-hybridized carbons (Fsp3) is 0.250. The summed E-state index contributed by atoms with van der Waals surface area (Å²) >= 11 is 3.26. The van der Waals surface area contributed by atoms with Crippen LogP contribution in [0, 0.1) is 11.6 Å². The van der Waals surface area contributed by atoms with Gasteiger partial charge in [-0.2, -0.15) is 0 Å². The van der Waals surface area contributed by atoms with Crippen LogP contribution in [-0.4, -0.2) is 14.2 Å². The second kappa shape index (κ2) is 7.00. The van der Waals surface area contributed by atoms with Gasteiger partial charge in [0.2, 0.25) is 0 Å². The van der Waals surface area contributed by atoms with E-state index in [1.54, 1.807) is 25.2 Å². The quantitative estimate of drug-likeness (QED) is 0.865. The summed E-state index contributed by atoms with van der Waals surface area (Å²) in [5, 5.41) is 3.13. The molecule has 0 aliphatic carbocycles. The zero-order valence-corrected chi connectivity index (χ0v) is 13.4. The lowest BCUT2D eigenvalue weighted by atomic mass is 9.98. The highest BCUT2D eigenvalue weighted by Gasteiger charge is 2.16. The van der Waals surface area contributed by atoms with Crippen LogP contribution in [0.2, 0.25) is 0 Å². The van der Waals surface area contributed by atoms with E-state index >= 15 is 0 Å². The number of methoxy groups -OCH3 is 1. The molecule has 0 bridgehead atoms. The molecule has 5 heteroatoms. The van der Waals surface area contributed by atoms with Gasteiger partial charge in [-0.05, 0) is 58.7 Å². The smallest absolute Gasteiger partial charge is 0.165 e. The summed E-state index contributed by atoms with van der Waals surface area (Å²) in [6, 6.07) is 9.62. The van der Waals surface area contributed by atoms with Crippen molar-refractivity contribution in [2.24, 2.45) is 0 Å². The molecule has 0 aromatic heterocycles. The van der Waals surface area contributed by atoms with Crippen LogP contribution in [0.4, 0.5) is 8.78 Å². The molecule has 0 aliphatic heterocycles. The van der Waals surface area contributed by atoms with E-state index in [1.165, 1.54) is 19.2 Å². The lowest BCUT2D eigenvalue weighted by Crippen LogP contribution is -2.19. The van der Waals surface area contributed by atoms with Crippen molar-refractivity contribution in [1.82, 2.24) is 5.32 Å². The van der Waals surface area contributed by atoms with Gasteiger partial charge in [0.1, 0.15) is 5.82 Å². The Balaban J connectivity index is 2.27. The number of nitrogens with one attached hydrogen (secondary N) is 1. The molecule has 0 amide bonds. The zero-order chi connectivity index (χ0) is 15.4. The van der Waals surface area contributed by atoms with E-state index < -0.39 is 5.82 Å². The molecule has 0 heterocycles. The molecule has 0 saturated heterocycles. The largest absolute Gasteiger partial charge is 0.494 e. The topological polar surface area (TPSA) is 21.3 Å². The predicted molar refractivity (Wildman–Crippen MR) is 82.6 cm³/mol. The van der Waals surface area contributed by atoms with Crippen molar-refractivity contribution in [3.63, 3.8) is 0 Å². The minimum absolute atomic E-state index is 0.122. The summed E-state index contributed by atoms with van der Waals surface area (Å²) in [6.07, 6.45) is 0.541. The van der Waals surface area contributed by atoms with Gasteiger partial charge in [0.15, 0.2) is 11.6 Å². The van der Waals surface area contributed by atoms with E-state index in [1.807, 2.05) is 6.07 Å². The Morgan fingerprint density at radius 3 is 2.57 bits per heavy atom. The second-order valence-corrected chi connectivity index (χ2v) is 5.45. The van der Waals surface area contributed by atoms with Gasteiger partial charge >= 0.3 is 0 Å². The maximum absolute atomic E-state index is 13.7. The van der Waals surface area contributed by atoms with E-state index in [0.29, 0.717) is 10.9 Å². The molecule has 1 atom stereocenters. The van der Waals surface area contributed by atoms with Gasteiger partial charge in [0.25, 0.3) is 0 Å². The van der Waals surface area contributed by atoms with Crippen LogP contribution in [-0.2, 0) is 6.42 Å². The molecule has 21 heavy (non-hydrogen) atoms. The number of benzene rings is 2. The van der Waals surface area contributed by atoms with Gasteiger partial charge in [-0.1, -0.05) is 18.2 Å². The van der Waals surface area contributed by atoms with E-state index in [2.05, 4.69) is 21.2 Å². The van der Waals surface area contributed by atoms with Gasteiger partial charge in [-0.25, -0.2) is 8.78 Å². The highest BCUT2D eigenvalue weighted by atomic mass is 79.9. The minimum Gasteiger partial charge on any atom is -0.494 e. The van der Waals surface area contributed by atoms with Crippen LogP contribution >= 0.6 is 15.9 Å². The Labute approximate surface area is 131 Å². The molecular formula is C16H16BrF2NO. The number of likely N-dealkylation sites (N-methyl/N-ethyl adjacent to an activating group) is 1. The average molecular weight is 356 g/mol. The third-order valence-corrected chi connectivity index (χ3v) is 4.20. The van der Waals surface area contributed by atoms with Crippen LogP contribution in [0.5, 0.6) is 5.75 Å². The summed E-state index contributed by atoms with van der Waals surface area (Å²) < 4.78 is 32.7. The third kappa shape index (κ3) is 3.60. The monoisotopic (exact) mass is 355 g/mol. The molecule has 0 spiro atoms. The Bertz CT molecular complexity index is 634. The standard InChI is InChI=1S/C16H16BrF2NO/c1-20-14(11-4-3-5-12(18)16(11)17)9-10-6-7-15(21-2)13(19)8-10/h3-8,14,20H,9H2,1-2H3. The molecule has 0 fully saturated rings. The molecule has 1 N–H and O–H groups in total. The number of ether oxygens (including phenoxy) is 1. The molecule has 0 radical (unpaired) electrons. The van der Waals surface area contributed by atoms with Crippen LogP contribution in [0.25, 0.3) is 0 Å². The highest BCUT2D eigenvalue weighted by Crippen LogP contribution is 2.29. The molecule has 0 saturated carbocycles. The summed E-state index contributed by atoms with van der Waals surface area (Å²) in [6.45, 7) is 0. The Morgan fingerprint density at radius 2 is 1.95 bits per heavy atom. The van der Waals surface area contributed by atoms with Crippen molar-refractivity contribution >= 4 is 15.9 Å². The van der Waals surface area contributed by atoms with Gasteiger partial charge in [0.05, 0.1) is 11.6 Å². The zero-order valence-electron chi connectivity index (χ0n) is 11.8. The fourth-order valence-corrected chi connectivity index (χ4v) is 2.77. The van der Waals surface area contributed by atoms with Crippen LogP contribution in [0.3, 0.4) is 0 Å². The molecular weight excluding hydrogens is 340 g/mol. The first-order valence-corrected chi connectivity index (χ1v) is 7.29. The van der Waals surface area contributed by atoms with Crippen molar-refractivity contribution in [2.45, 2.75) is 12.5 Å². The Kier molecular flexibility index (Phi) is 5.31. The van der Waals surface area contributed by atoms with Crippen LogP contribution < -0.4 is 10.1 Å². The minimum atomic E-state index is -0.400. The summed E-state index contributed by atoms with van der Waals surface area (Å²) in [5.74, 6) is -0.497. The number of rotatable bonds is 5. The predicted octanol–water partition coefficient (Wildman–Crippen LogP) is 4.24. The lowest BCUT2D eigenvalue weighted by molar-refractivity contribution is 0.386. The van der Waals surface area contributed by atoms with Crippen LogP contribution in [0.15, 0.2) is 40.9 Å². The number of hydrogen-bond acceptors (Lipinski definition) is 2. The first-order chi connectivity index (χ1) is 10.1. The molecule has 0 aliphatic rings. The first-order valence-electron chi connectivity index (χ1n) is 6.50. The van der Waals surface area contributed by atoms with Crippen molar-refractivity contribution < 1.29 is 13.5 Å². The van der Waals surface area contributed by atoms with Gasteiger partial charge in [-0.3, -0.25) is 0 Å². The molecule has 2 aromatic rings. The number of hydrogen-bond donors (Lipinski definition) is 1. The lowest BCUT2D eigenvalue weighted by Gasteiger charge is -2.19. The van der Waals surface area contributed by atoms with Gasteiger partial charge < -0.3 is 10.1 Å². The van der Waals surface area contributed by atoms with E-state index in [9.17, 15) is 8.78 Å². The van der Waals surface area contributed by atoms with Gasteiger partial charge in [0, 0.05) is 6.04 Å². The Hall–Kier alpha value is -1.46. The molecule has 112 valence electrons. The normalized spacial score (nSPS) is 12.2. The molecule has 2 nitrogen and oxygen atoms in total. The molecule has 1 unspecified atom stereocenters. The summed E-state index contributed by atoms with van der Waals surface area (Å²) in [4.78, 5) is 0. The van der Waals surface area contributed by atoms with E-state index in [0.717, 1.165) is 11.1 Å². The van der Waals surface area contributed by atoms with Crippen molar-refractivity contribution in [3.05, 3.63) is 63.6 Å². The van der Waals surface area contributed by atoms with Crippen molar-refractivity contribution in [2.75, 3.05) is 14.2 Å². The average Bonchev–Trinajstić information content (AvgIpc) is 2.48. The second-order valence-electron chi connectivity index (χ2n) is 4.66. The molecule has 2 rings (SSSR count). The van der Waals surface area contributed by atoms with Crippen molar-refractivity contribution in [3.8, 4) is 5.75 Å². The third-order valence-electron chi connectivity index (χ3n) is 3.36. The SMILES string of the molecule is CNC(Cc1ccc(OC)c(F)c1)c1cccc(F)c1Br. The first kappa shape index (κ1) is 15.9. The summed E-state index contributed by atoms with van der Waals surface area (Å²) in [5.41, 5.74) is 1.61. The maximum Gasteiger partial charge on any atom is 0.165 e. The highest BCUT2D eigenvalue weighted by molar-refractivity contribution is 9.10. The van der Waals surface area contributed by atoms with E-state index in [-0.39, 0.29) is 17.6 Å². The van der Waals surface area contributed by atoms with E-state index in [4.69, 9.17) is 4.74 Å². The Morgan fingerprint density at radius 1 is 1.19 bits per heavy atom. The molecule has 2 aromatic carbocycles. The van der Waals surface area contributed by atoms with Gasteiger partial charge in [-0.15, -0.1) is 0 Å². The maximum atomic E-state index is 13.7. The van der Waals surface area contributed by atoms with Crippen LogP contribution in [0.1, 0.15) is 17.2 Å². The summed E-state index contributed by atoms with van der Waals surface area (Å²) in [7, 11) is 3.22.